The number of benzene rings is 1. The van der Waals surface area contributed by atoms with Gasteiger partial charge in [0.1, 0.15) is 0 Å². The van der Waals surface area contributed by atoms with Crippen molar-refractivity contribution in [3.05, 3.63) is 35.4 Å². The maximum absolute atomic E-state index is 12.7. The lowest BCUT2D eigenvalue weighted by Crippen LogP contribution is -2.45. The van der Waals surface area contributed by atoms with Crippen LogP contribution in [-0.4, -0.2) is 30.8 Å². The summed E-state index contributed by atoms with van der Waals surface area (Å²) in [6.45, 7) is 4.20. The van der Waals surface area contributed by atoms with E-state index in [9.17, 15) is 14.4 Å². The van der Waals surface area contributed by atoms with Crippen molar-refractivity contribution in [3.8, 4) is 0 Å². The van der Waals surface area contributed by atoms with Crippen LogP contribution in [0.3, 0.4) is 0 Å². The Hall–Kier alpha value is -2.37. The summed E-state index contributed by atoms with van der Waals surface area (Å²) >= 11 is 0. The van der Waals surface area contributed by atoms with Crippen molar-refractivity contribution >= 4 is 17.7 Å². The Morgan fingerprint density at radius 1 is 1.08 bits per heavy atom. The minimum absolute atomic E-state index is 0.0264. The van der Waals surface area contributed by atoms with E-state index in [-0.39, 0.29) is 35.6 Å². The van der Waals surface area contributed by atoms with E-state index in [1.807, 2.05) is 19.9 Å². The Bertz CT molecular complexity index is 657. The molecule has 1 aromatic carbocycles. The first-order valence-electron chi connectivity index (χ1n) is 9.31. The smallest absolute Gasteiger partial charge is 0.251 e. The van der Waals surface area contributed by atoms with Gasteiger partial charge in [0.2, 0.25) is 11.8 Å². The normalized spacial score (nSPS) is 19.7. The second-order valence-corrected chi connectivity index (χ2v) is 7.16. The number of hydrogen-bond donors (Lipinski definition) is 3. The molecule has 2 rings (SSSR count). The third-order valence-corrected chi connectivity index (χ3v) is 4.75. The van der Waals surface area contributed by atoms with Gasteiger partial charge in [0.15, 0.2) is 0 Å². The molecule has 2 unspecified atom stereocenters. The highest BCUT2D eigenvalue weighted by Crippen LogP contribution is 2.30. The van der Waals surface area contributed by atoms with Gasteiger partial charge in [-0.1, -0.05) is 25.0 Å². The van der Waals surface area contributed by atoms with Crippen LogP contribution in [0, 0.1) is 11.8 Å². The van der Waals surface area contributed by atoms with Gasteiger partial charge in [0, 0.05) is 37.0 Å². The van der Waals surface area contributed by atoms with Crippen LogP contribution in [0.1, 0.15) is 55.5 Å². The van der Waals surface area contributed by atoms with Gasteiger partial charge in [-0.05, 0) is 44.4 Å². The highest BCUT2D eigenvalue weighted by molar-refractivity contribution is 5.94. The molecule has 0 spiro atoms. The molecule has 1 saturated carbocycles. The van der Waals surface area contributed by atoms with Crippen molar-refractivity contribution in [2.24, 2.45) is 11.8 Å². The maximum Gasteiger partial charge on any atom is 0.251 e. The van der Waals surface area contributed by atoms with Gasteiger partial charge >= 0.3 is 0 Å². The Kier molecular flexibility index (Phi) is 7.18. The average molecular weight is 359 g/mol. The third-order valence-electron chi connectivity index (χ3n) is 4.75. The van der Waals surface area contributed by atoms with Crippen LogP contribution in [-0.2, 0) is 16.1 Å². The molecule has 1 aliphatic carbocycles. The summed E-state index contributed by atoms with van der Waals surface area (Å²) in [4.78, 5) is 36.8. The van der Waals surface area contributed by atoms with E-state index in [0.717, 1.165) is 31.2 Å². The Balaban J connectivity index is 1.99. The van der Waals surface area contributed by atoms with E-state index in [1.165, 1.54) is 0 Å². The molecule has 1 aromatic rings. The van der Waals surface area contributed by atoms with Gasteiger partial charge in [0.05, 0.1) is 0 Å². The maximum atomic E-state index is 12.7. The van der Waals surface area contributed by atoms with Crippen LogP contribution in [0.2, 0.25) is 0 Å². The summed E-state index contributed by atoms with van der Waals surface area (Å²) < 4.78 is 0. The van der Waals surface area contributed by atoms with Gasteiger partial charge in [-0.15, -0.1) is 0 Å². The van der Waals surface area contributed by atoms with Crippen molar-refractivity contribution in [2.75, 3.05) is 7.05 Å². The van der Waals surface area contributed by atoms with Crippen LogP contribution in [0.5, 0.6) is 0 Å². The van der Waals surface area contributed by atoms with Crippen LogP contribution >= 0.6 is 0 Å². The lowest BCUT2D eigenvalue weighted by Gasteiger charge is -2.30. The van der Waals surface area contributed by atoms with Crippen LogP contribution in [0.4, 0.5) is 0 Å². The summed E-state index contributed by atoms with van der Waals surface area (Å²) in [5.74, 6) is -0.815. The van der Waals surface area contributed by atoms with Crippen molar-refractivity contribution in [1.82, 2.24) is 16.0 Å². The molecule has 1 aliphatic rings. The Morgan fingerprint density at radius 3 is 2.35 bits per heavy atom. The third kappa shape index (κ3) is 5.31. The van der Waals surface area contributed by atoms with E-state index >= 15 is 0 Å². The highest BCUT2D eigenvalue weighted by atomic mass is 16.2. The predicted octanol–water partition coefficient (Wildman–Crippen LogP) is 1.99. The molecule has 6 heteroatoms. The molecule has 0 saturated heterocycles. The molecule has 0 aliphatic heterocycles. The zero-order chi connectivity index (χ0) is 19.1. The zero-order valence-electron chi connectivity index (χ0n) is 15.8. The van der Waals surface area contributed by atoms with Gasteiger partial charge in [-0.3, -0.25) is 14.4 Å². The summed E-state index contributed by atoms with van der Waals surface area (Å²) in [5, 5.41) is 8.46. The molecular weight excluding hydrogens is 330 g/mol. The lowest BCUT2D eigenvalue weighted by atomic mass is 9.78. The standard InChI is InChI=1S/C20H29N3O3/c1-13(2)23-20(26)17-10-5-4-9-16(17)19(25)22-12-14-7-6-8-15(11-14)18(24)21-3/h6-8,11,13,16-17H,4-5,9-10,12H2,1-3H3,(H,21,24)(H,22,25)(H,23,26). The second kappa shape index (κ2) is 9.36. The molecule has 2 atom stereocenters. The van der Waals surface area contributed by atoms with Crippen molar-refractivity contribution in [2.45, 2.75) is 52.1 Å². The van der Waals surface area contributed by atoms with Gasteiger partial charge in [0.25, 0.3) is 5.91 Å². The minimum atomic E-state index is -0.287. The Labute approximate surface area is 155 Å². The van der Waals surface area contributed by atoms with Crippen molar-refractivity contribution in [3.63, 3.8) is 0 Å². The summed E-state index contributed by atoms with van der Waals surface area (Å²) in [6, 6.07) is 7.24. The number of nitrogens with one attached hydrogen (secondary N) is 3. The largest absolute Gasteiger partial charge is 0.355 e. The molecule has 3 N–H and O–H groups in total. The molecule has 26 heavy (non-hydrogen) atoms. The van der Waals surface area contributed by atoms with Crippen molar-refractivity contribution < 1.29 is 14.4 Å². The summed E-state index contributed by atoms with van der Waals surface area (Å²) in [5.41, 5.74) is 1.42. The molecule has 3 amide bonds. The molecule has 1 fully saturated rings. The molecule has 142 valence electrons. The lowest BCUT2D eigenvalue weighted by molar-refractivity contribution is -0.137. The number of rotatable bonds is 6. The van der Waals surface area contributed by atoms with Gasteiger partial charge in [-0.2, -0.15) is 0 Å². The monoisotopic (exact) mass is 359 g/mol. The quantitative estimate of drug-likeness (QED) is 0.726. The number of hydrogen-bond acceptors (Lipinski definition) is 3. The minimum Gasteiger partial charge on any atom is -0.355 e. The number of carbonyl (C=O) groups is 3. The second-order valence-electron chi connectivity index (χ2n) is 7.16. The Morgan fingerprint density at radius 2 is 1.73 bits per heavy atom. The van der Waals surface area contributed by atoms with Crippen LogP contribution in [0.25, 0.3) is 0 Å². The van der Waals surface area contributed by atoms with Crippen LogP contribution < -0.4 is 16.0 Å². The van der Waals surface area contributed by atoms with Gasteiger partial charge in [-0.25, -0.2) is 0 Å². The van der Waals surface area contributed by atoms with E-state index in [0.29, 0.717) is 12.1 Å². The molecular formula is C20H29N3O3. The van der Waals surface area contributed by atoms with Gasteiger partial charge < -0.3 is 16.0 Å². The highest BCUT2D eigenvalue weighted by Gasteiger charge is 2.35. The first-order valence-corrected chi connectivity index (χ1v) is 9.31. The first kappa shape index (κ1) is 19.9. The topological polar surface area (TPSA) is 87.3 Å². The molecule has 6 nitrogen and oxygen atoms in total. The summed E-state index contributed by atoms with van der Waals surface area (Å²) in [7, 11) is 1.59. The predicted molar refractivity (Wildman–Crippen MR) is 100 cm³/mol. The van der Waals surface area contributed by atoms with E-state index in [4.69, 9.17) is 0 Å². The summed E-state index contributed by atoms with van der Waals surface area (Å²) in [6.07, 6.45) is 3.44. The fourth-order valence-electron chi connectivity index (χ4n) is 3.44. The van der Waals surface area contributed by atoms with E-state index < -0.39 is 0 Å². The number of amides is 3. The fraction of sp³-hybridized carbons (Fsp3) is 0.550. The number of carbonyl (C=O) groups excluding carboxylic acids is 3. The molecule has 0 radical (unpaired) electrons. The fourth-order valence-corrected chi connectivity index (χ4v) is 3.44. The zero-order valence-corrected chi connectivity index (χ0v) is 15.8. The SMILES string of the molecule is CNC(=O)c1cccc(CNC(=O)C2CCCCC2C(=O)NC(C)C)c1. The first-order chi connectivity index (χ1) is 12.4. The molecule has 0 heterocycles. The van der Waals surface area contributed by atoms with Crippen molar-refractivity contribution in [1.29, 1.82) is 0 Å². The molecule has 0 bridgehead atoms. The van der Waals surface area contributed by atoms with E-state index in [2.05, 4.69) is 16.0 Å². The molecule has 0 aromatic heterocycles. The average Bonchev–Trinajstić information content (AvgIpc) is 2.65. The van der Waals surface area contributed by atoms with Crippen LogP contribution in [0.15, 0.2) is 24.3 Å². The van der Waals surface area contributed by atoms with E-state index in [1.54, 1.807) is 25.2 Å².